The fourth-order valence-electron chi connectivity index (χ4n) is 0.788. The SMILES string of the molecule is C=C/C=C(C(=O)O)\C(=C/C)C(=O)O.CC.CC. The van der Waals surface area contributed by atoms with Gasteiger partial charge in [-0.15, -0.1) is 0 Å². The summed E-state index contributed by atoms with van der Waals surface area (Å²) in [5.74, 6) is -2.55. The number of rotatable bonds is 4. The fourth-order valence-corrected chi connectivity index (χ4v) is 0.788. The van der Waals surface area contributed by atoms with Crippen molar-refractivity contribution in [2.45, 2.75) is 34.6 Å². The highest BCUT2D eigenvalue weighted by atomic mass is 16.4. The van der Waals surface area contributed by atoms with E-state index in [1.165, 1.54) is 19.1 Å². The minimum Gasteiger partial charge on any atom is -0.478 e. The van der Waals surface area contributed by atoms with Crippen LogP contribution >= 0.6 is 0 Å². The highest BCUT2D eigenvalue weighted by Crippen LogP contribution is 2.10. The molecule has 4 heteroatoms. The minimum absolute atomic E-state index is 0.243. The van der Waals surface area contributed by atoms with E-state index in [9.17, 15) is 9.59 Å². The van der Waals surface area contributed by atoms with Gasteiger partial charge in [-0.05, 0) is 13.0 Å². The van der Waals surface area contributed by atoms with Gasteiger partial charge in [0.2, 0.25) is 0 Å². The summed E-state index contributed by atoms with van der Waals surface area (Å²) in [6, 6.07) is 0. The van der Waals surface area contributed by atoms with Gasteiger partial charge in [0.05, 0.1) is 11.1 Å². The van der Waals surface area contributed by atoms with Crippen LogP contribution in [0.5, 0.6) is 0 Å². The van der Waals surface area contributed by atoms with E-state index >= 15 is 0 Å². The van der Waals surface area contributed by atoms with Crippen molar-refractivity contribution < 1.29 is 19.8 Å². The number of allylic oxidation sites excluding steroid dienone is 3. The molecule has 0 aliphatic carbocycles. The lowest BCUT2D eigenvalue weighted by molar-refractivity contribution is -0.136. The molecule has 0 radical (unpaired) electrons. The summed E-state index contributed by atoms with van der Waals surface area (Å²) in [4.78, 5) is 21.1. The molecule has 2 N–H and O–H groups in total. The molecule has 0 aromatic rings. The quantitative estimate of drug-likeness (QED) is 0.586. The Hall–Kier alpha value is -1.84. The molecule has 0 amide bonds. The second-order valence-electron chi connectivity index (χ2n) is 2.13. The second kappa shape index (κ2) is 14.2. The van der Waals surface area contributed by atoms with Gasteiger partial charge in [-0.2, -0.15) is 0 Å². The van der Waals surface area contributed by atoms with Crippen LogP contribution in [0.15, 0.2) is 36.0 Å². The maximum atomic E-state index is 10.6. The summed E-state index contributed by atoms with van der Waals surface area (Å²) >= 11 is 0. The molecule has 0 unspecified atom stereocenters. The third-order valence-electron chi connectivity index (χ3n) is 1.32. The molecular formula is C13H22O4. The maximum Gasteiger partial charge on any atom is 0.336 e. The van der Waals surface area contributed by atoms with E-state index in [-0.39, 0.29) is 11.1 Å². The Balaban J connectivity index is -0.000000439. The van der Waals surface area contributed by atoms with Gasteiger partial charge in [0, 0.05) is 0 Å². The minimum atomic E-state index is -1.28. The molecule has 0 bridgehead atoms. The van der Waals surface area contributed by atoms with Crippen LogP contribution in [0.1, 0.15) is 34.6 Å². The first-order chi connectivity index (χ1) is 8.04. The largest absolute Gasteiger partial charge is 0.478 e. The van der Waals surface area contributed by atoms with Crippen molar-refractivity contribution in [3.8, 4) is 0 Å². The van der Waals surface area contributed by atoms with Gasteiger partial charge in [0.15, 0.2) is 0 Å². The molecule has 0 aliphatic heterocycles. The number of hydrogen-bond acceptors (Lipinski definition) is 2. The summed E-state index contributed by atoms with van der Waals surface area (Å²) < 4.78 is 0. The molecule has 98 valence electrons. The van der Waals surface area contributed by atoms with E-state index in [0.29, 0.717) is 0 Å². The van der Waals surface area contributed by atoms with Gasteiger partial charge >= 0.3 is 11.9 Å². The second-order valence-corrected chi connectivity index (χ2v) is 2.13. The first kappa shape index (κ1) is 20.6. The van der Waals surface area contributed by atoms with E-state index in [1.54, 1.807) is 0 Å². The third kappa shape index (κ3) is 9.11. The molecule has 0 atom stereocenters. The number of hydrogen-bond donors (Lipinski definition) is 2. The van der Waals surface area contributed by atoms with Crippen molar-refractivity contribution in [1.29, 1.82) is 0 Å². The van der Waals surface area contributed by atoms with Gasteiger partial charge in [0.25, 0.3) is 0 Å². The Morgan fingerprint density at radius 2 is 1.29 bits per heavy atom. The Labute approximate surface area is 103 Å². The highest BCUT2D eigenvalue weighted by Gasteiger charge is 2.17. The summed E-state index contributed by atoms with van der Waals surface area (Å²) in [6.45, 7) is 12.8. The van der Waals surface area contributed by atoms with Gasteiger partial charge < -0.3 is 10.2 Å². The maximum absolute atomic E-state index is 10.6. The zero-order chi connectivity index (χ0) is 14.4. The van der Waals surface area contributed by atoms with Crippen LogP contribution in [0, 0.1) is 0 Å². The van der Waals surface area contributed by atoms with Crippen molar-refractivity contribution in [1.82, 2.24) is 0 Å². The normalized spacial score (nSPS) is 10.2. The number of aliphatic carboxylic acids is 2. The lowest BCUT2D eigenvalue weighted by Crippen LogP contribution is -2.10. The molecule has 0 aromatic heterocycles. The molecule has 0 rings (SSSR count). The van der Waals surface area contributed by atoms with Gasteiger partial charge in [-0.3, -0.25) is 0 Å². The topological polar surface area (TPSA) is 74.6 Å². The molecule has 0 heterocycles. The predicted octanol–water partition coefficient (Wildman–Crippen LogP) is 3.27. The summed E-state index contributed by atoms with van der Waals surface area (Å²) in [5.41, 5.74) is -0.516. The molecular weight excluding hydrogens is 220 g/mol. The fraction of sp³-hybridized carbons (Fsp3) is 0.385. The van der Waals surface area contributed by atoms with Crippen LogP contribution in [0.25, 0.3) is 0 Å². The van der Waals surface area contributed by atoms with E-state index in [0.717, 1.165) is 6.08 Å². The lowest BCUT2D eigenvalue weighted by Gasteiger charge is -2.00. The smallest absolute Gasteiger partial charge is 0.336 e. The Bertz CT molecular complexity index is 299. The van der Waals surface area contributed by atoms with E-state index in [1.807, 2.05) is 27.7 Å². The van der Waals surface area contributed by atoms with Crippen LogP contribution in [0.4, 0.5) is 0 Å². The molecule has 0 aromatic carbocycles. The summed E-state index contributed by atoms with van der Waals surface area (Å²) in [6.07, 6.45) is 3.60. The summed E-state index contributed by atoms with van der Waals surface area (Å²) in [5, 5.41) is 17.2. The zero-order valence-electron chi connectivity index (χ0n) is 11.2. The predicted molar refractivity (Wildman–Crippen MR) is 70.0 cm³/mol. The van der Waals surface area contributed by atoms with Crippen LogP contribution < -0.4 is 0 Å². The number of carbonyl (C=O) groups is 2. The zero-order valence-corrected chi connectivity index (χ0v) is 11.2. The van der Waals surface area contributed by atoms with Crippen LogP contribution in [0.2, 0.25) is 0 Å². The Kier molecular flexibility index (Phi) is 17.1. The van der Waals surface area contributed by atoms with Crippen LogP contribution in [-0.4, -0.2) is 22.2 Å². The van der Waals surface area contributed by atoms with Gasteiger partial charge in [0.1, 0.15) is 0 Å². The van der Waals surface area contributed by atoms with Gasteiger partial charge in [-0.1, -0.05) is 46.4 Å². The average molecular weight is 242 g/mol. The average Bonchev–Trinajstić information content (AvgIpc) is 2.33. The molecule has 0 saturated carbocycles. The Morgan fingerprint density at radius 3 is 1.47 bits per heavy atom. The summed E-state index contributed by atoms with van der Waals surface area (Å²) in [7, 11) is 0. The van der Waals surface area contributed by atoms with Crippen LogP contribution in [-0.2, 0) is 9.59 Å². The van der Waals surface area contributed by atoms with Crippen molar-refractivity contribution in [2.75, 3.05) is 0 Å². The van der Waals surface area contributed by atoms with E-state index < -0.39 is 11.9 Å². The molecule has 0 aliphatic rings. The number of carboxylic acid groups (broad SMARTS) is 2. The van der Waals surface area contributed by atoms with Crippen molar-refractivity contribution in [2.24, 2.45) is 0 Å². The van der Waals surface area contributed by atoms with E-state index in [2.05, 4.69) is 6.58 Å². The highest BCUT2D eigenvalue weighted by molar-refractivity contribution is 6.05. The first-order valence-corrected chi connectivity index (χ1v) is 5.50. The third-order valence-corrected chi connectivity index (χ3v) is 1.32. The van der Waals surface area contributed by atoms with Crippen molar-refractivity contribution in [3.05, 3.63) is 36.0 Å². The van der Waals surface area contributed by atoms with Crippen molar-refractivity contribution in [3.63, 3.8) is 0 Å². The molecule has 0 saturated heterocycles. The standard InChI is InChI=1S/C9H10O4.2C2H6/c1-3-5-7(9(12)13)6(4-2)8(10)11;2*1-2/h3-5H,1H2,2H3,(H,10,11)(H,12,13);2*1-2H3/b6-4+,7-5+;;. The number of carboxylic acids is 2. The molecule has 0 spiro atoms. The van der Waals surface area contributed by atoms with E-state index in [4.69, 9.17) is 10.2 Å². The molecule has 17 heavy (non-hydrogen) atoms. The Morgan fingerprint density at radius 1 is 0.941 bits per heavy atom. The monoisotopic (exact) mass is 242 g/mol. The lowest BCUT2D eigenvalue weighted by atomic mass is 10.1. The molecule has 4 nitrogen and oxygen atoms in total. The van der Waals surface area contributed by atoms with Gasteiger partial charge in [-0.25, -0.2) is 9.59 Å². The van der Waals surface area contributed by atoms with Crippen molar-refractivity contribution >= 4 is 11.9 Å². The first-order valence-electron chi connectivity index (χ1n) is 5.50. The van der Waals surface area contributed by atoms with Crippen LogP contribution in [0.3, 0.4) is 0 Å². The molecule has 0 fully saturated rings.